The lowest BCUT2D eigenvalue weighted by Crippen LogP contribution is -2.19. The lowest BCUT2D eigenvalue weighted by Gasteiger charge is -2.10. The summed E-state index contributed by atoms with van der Waals surface area (Å²) in [5.74, 6) is -14.0. The average Bonchev–Trinajstić information content (AvgIpc) is 3.15. The largest absolute Gasteiger partial charge is 0.497 e. The molecular weight excluding hydrogens is 479 g/mol. The van der Waals surface area contributed by atoms with E-state index < -0.39 is 53.2 Å². The van der Waals surface area contributed by atoms with Gasteiger partial charge in [0.15, 0.2) is 18.1 Å². The van der Waals surface area contributed by atoms with Crippen molar-refractivity contribution in [2.75, 3.05) is 13.7 Å². The monoisotopic (exact) mass is 492 g/mol. The lowest BCUT2D eigenvalue weighted by molar-refractivity contribution is -0.136. The van der Waals surface area contributed by atoms with Crippen molar-refractivity contribution in [3.05, 3.63) is 88.4 Å². The first-order valence-electron chi connectivity index (χ1n) is 9.77. The second kappa shape index (κ2) is 9.45. The number of rotatable bonds is 6. The number of fused-ring (bicyclic) bond motifs is 1. The number of ether oxygens (including phenoxy) is 4. The minimum atomic E-state index is -2.36. The van der Waals surface area contributed by atoms with E-state index in [-0.39, 0.29) is 22.8 Å². The molecule has 0 aliphatic carbocycles. The predicted octanol–water partition coefficient (Wildman–Crippen LogP) is 4.99. The topological polar surface area (TPSA) is 71.1 Å². The molecule has 0 saturated carbocycles. The van der Waals surface area contributed by atoms with Gasteiger partial charge in [0.2, 0.25) is 34.9 Å². The van der Waals surface area contributed by atoms with Crippen LogP contribution >= 0.6 is 0 Å². The normalized spacial score (nSPS) is 13.4. The molecule has 0 N–H and O–H groups in total. The molecule has 0 unspecified atom stereocenters. The third-order valence-corrected chi connectivity index (χ3v) is 4.77. The molecule has 0 bridgehead atoms. The highest BCUT2D eigenvalue weighted by atomic mass is 19.2. The highest BCUT2D eigenvalue weighted by molar-refractivity contribution is 6.14. The van der Waals surface area contributed by atoms with E-state index in [1.807, 2.05) is 0 Å². The van der Waals surface area contributed by atoms with E-state index >= 15 is 0 Å². The van der Waals surface area contributed by atoms with Gasteiger partial charge in [0.25, 0.3) is 0 Å². The summed E-state index contributed by atoms with van der Waals surface area (Å²) in [6.45, 7) is -1.17. The molecule has 0 aromatic heterocycles. The van der Waals surface area contributed by atoms with Crippen LogP contribution in [-0.4, -0.2) is 25.5 Å². The maximum Gasteiger partial charge on any atom is 0.349 e. The molecule has 35 heavy (non-hydrogen) atoms. The van der Waals surface area contributed by atoms with Gasteiger partial charge in [-0.1, -0.05) is 12.1 Å². The SMILES string of the molecule is COc1cccc(/C=C2\Oc3cc(OC(=O)COc4c(F)c(F)c(F)c(F)c4F)ccc3C2=O)c1. The molecule has 0 radical (unpaired) electrons. The number of carbonyl (C=O) groups is 2. The molecule has 180 valence electrons. The van der Waals surface area contributed by atoms with E-state index in [1.54, 1.807) is 24.3 Å². The smallest absolute Gasteiger partial charge is 0.349 e. The number of benzene rings is 3. The van der Waals surface area contributed by atoms with Gasteiger partial charge < -0.3 is 18.9 Å². The first-order valence-corrected chi connectivity index (χ1v) is 9.77. The van der Waals surface area contributed by atoms with Crippen molar-refractivity contribution in [2.45, 2.75) is 0 Å². The van der Waals surface area contributed by atoms with Gasteiger partial charge in [0.1, 0.15) is 17.2 Å². The van der Waals surface area contributed by atoms with Crippen molar-refractivity contribution in [2.24, 2.45) is 0 Å². The van der Waals surface area contributed by atoms with E-state index in [0.717, 1.165) is 0 Å². The summed E-state index contributed by atoms with van der Waals surface area (Å²) in [6, 6.07) is 10.7. The van der Waals surface area contributed by atoms with Gasteiger partial charge in [-0.3, -0.25) is 4.79 Å². The Morgan fingerprint density at radius 1 is 0.914 bits per heavy atom. The van der Waals surface area contributed by atoms with Crippen LogP contribution in [0.25, 0.3) is 6.08 Å². The van der Waals surface area contributed by atoms with E-state index in [9.17, 15) is 31.5 Å². The Kier molecular flexibility index (Phi) is 6.41. The van der Waals surface area contributed by atoms with Crippen molar-refractivity contribution >= 4 is 17.8 Å². The van der Waals surface area contributed by atoms with Crippen LogP contribution in [0.15, 0.2) is 48.2 Å². The Balaban J connectivity index is 1.45. The summed E-state index contributed by atoms with van der Waals surface area (Å²) in [5.41, 5.74) is 0.828. The third-order valence-electron chi connectivity index (χ3n) is 4.77. The Labute approximate surface area is 194 Å². The van der Waals surface area contributed by atoms with Gasteiger partial charge in [0, 0.05) is 6.07 Å². The average molecular weight is 492 g/mol. The summed E-state index contributed by atoms with van der Waals surface area (Å²) in [5, 5.41) is 0. The van der Waals surface area contributed by atoms with Gasteiger partial charge in [-0.25, -0.2) is 18.0 Å². The first-order chi connectivity index (χ1) is 16.7. The van der Waals surface area contributed by atoms with Crippen LogP contribution < -0.4 is 18.9 Å². The Morgan fingerprint density at radius 2 is 1.60 bits per heavy atom. The molecular formula is C24H13F5O6. The van der Waals surface area contributed by atoms with Crippen LogP contribution in [0.1, 0.15) is 15.9 Å². The minimum absolute atomic E-state index is 0.00590. The second-order valence-electron chi connectivity index (χ2n) is 7.04. The van der Waals surface area contributed by atoms with Gasteiger partial charge in [0.05, 0.1) is 12.7 Å². The molecule has 1 heterocycles. The van der Waals surface area contributed by atoms with Gasteiger partial charge >= 0.3 is 5.97 Å². The number of halogens is 5. The van der Waals surface area contributed by atoms with Gasteiger partial charge in [-0.15, -0.1) is 0 Å². The maximum atomic E-state index is 13.6. The van der Waals surface area contributed by atoms with Gasteiger partial charge in [-0.05, 0) is 35.9 Å². The lowest BCUT2D eigenvalue weighted by atomic mass is 10.1. The molecule has 11 heteroatoms. The maximum absolute atomic E-state index is 13.6. The zero-order chi connectivity index (χ0) is 25.3. The molecule has 0 atom stereocenters. The van der Waals surface area contributed by atoms with Crippen molar-refractivity contribution in [1.29, 1.82) is 0 Å². The van der Waals surface area contributed by atoms with Crippen molar-refractivity contribution < 1.29 is 50.5 Å². The van der Waals surface area contributed by atoms with E-state index in [4.69, 9.17) is 14.2 Å². The van der Waals surface area contributed by atoms with E-state index in [1.165, 1.54) is 31.4 Å². The number of esters is 1. The number of allylic oxidation sites excluding steroid dienone is 1. The van der Waals surface area contributed by atoms with Gasteiger partial charge in [-0.2, -0.15) is 8.78 Å². The summed E-state index contributed by atoms with van der Waals surface area (Å²) < 4.78 is 86.9. The molecule has 1 aliphatic heterocycles. The fraction of sp³-hybridized carbons (Fsp3) is 0.0833. The molecule has 4 rings (SSSR count). The number of Topliss-reactive ketones (excluding diaryl/α,β-unsaturated/α-hetero) is 1. The summed E-state index contributed by atoms with van der Waals surface area (Å²) >= 11 is 0. The number of hydrogen-bond acceptors (Lipinski definition) is 6. The molecule has 0 fully saturated rings. The highest BCUT2D eigenvalue weighted by Crippen LogP contribution is 2.35. The molecule has 0 amide bonds. The fourth-order valence-corrected chi connectivity index (χ4v) is 3.12. The quantitative estimate of drug-likeness (QED) is 0.121. The van der Waals surface area contributed by atoms with Crippen LogP contribution in [0.5, 0.6) is 23.0 Å². The number of ketones is 1. The zero-order valence-corrected chi connectivity index (χ0v) is 17.7. The number of carbonyl (C=O) groups excluding carboxylic acids is 2. The van der Waals surface area contributed by atoms with E-state index in [2.05, 4.69) is 4.74 Å². The van der Waals surface area contributed by atoms with Crippen LogP contribution in [-0.2, 0) is 4.79 Å². The highest BCUT2D eigenvalue weighted by Gasteiger charge is 2.29. The molecule has 3 aromatic carbocycles. The zero-order valence-electron chi connectivity index (χ0n) is 17.7. The van der Waals surface area contributed by atoms with Crippen molar-refractivity contribution in [3.8, 4) is 23.0 Å². The minimum Gasteiger partial charge on any atom is -0.497 e. The summed E-state index contributed by atoms with van der Waals surface area (Å²) in [6.07, 6.45) is 1.49. The van der Waals surface area contributed by atoms with Crippen LogP contribution in [0, 0.1) is 29.1 Å². The third kappa shape index (κ3) is 4.65. The molecule has 6 nitrogen and oxygen atoms in total. The molecule has 0 spiro atoms. The van der Waals surface area contributed by atoms with E-state index in [0.29, 0.717) is 11.3 Å². The summed E-state index contributed by atoms with van der Waals surface area (Å²) in [4.78, 5) is 24.6. The second-order valence-corrected chi connectivity index (χ2v) is 7.04. The predicted molar refractivity (Wildman–Crippen MR) is 110 cm³/mol. The van der Waals surface area contributed by atoms with Crippen LogP contribution in [0.2, 0.25) is 0 Å². The van der Waals surface area contributed by atoms with Crippen molar-refractivity contribution in [1.82, 2.24) is 0 Å². The van der Waals surface area contributed by atoms with Crippen molar-refractivity contribution in [3.63, 3.8) is 0 Å². The number of methoxy groups -OCH3 is 1. The van der Waals surface area contributed by atoms with Crippen LogP contribution in [0.3, 0.4) is 0 Å². The van der Waals surface area contributed by atoms with Crippen LogP contribution in [0.4, 0.5) is 22.0 Å². The molecule has 0 saturated heterocycles. The molecule has 1 aliphatic rings. The Hall–Kier alpha value is -4.41. The summed E-state index contributed by atoms with van der Waals surface area (Å²) in [7, 11) is 1.50. The Bertz CT molecular complexity index is 1360. The first kappa shape index (κ1) is 23.7. The fourth-order valence-electron chi connectivity index (χ4n) is 3.12. The molecule has 3 aromatic rings. The Morgan fingerprint density at radius 3 is 2.29 bits per heavy atom. The number of hydrogen-bond donors (Lipinski definition) is 0. The standard InChI is InChI=1S/C24H13F5O6/c1-32-12-4-2-3-11(7-12)8-16-23(31)14-6-5-13(9-15(14)35-16)34-17(30)10-33-24-21(28)19(26)18(25)20(27)22(24)29/h2-9H,10H2,1H3/b16-8-.